The lowest BCUT2D eigenvalue weighted by molar-refractivity contribution is -0.166. The highest BCUT2D eigenvalue weighted by Crippen LogP contribution is 2.16. The minimum Gasteiger partial charge on any atom is -0.462 e. The zero-order valence-corrected chi connectivity index (χ0v) is 42.8. The second kappa shape index (κ2) is 53.2. The summed E-state index contributed by atoms with van der Waals surface area (Å²) in [6, 6.07) is 0. The molecule has 0 aliphatic rings. The first-order valence-corrected chi connectivity index (χ1v) is 28.0. The van der Waals surface area contributed by atoms with Gasteiger partial charge in [-0.05, 0) is 64.2 Å². The van der Waals surface area contributed by atoms with Crippen LogP contribution in [-0.4, -0.2) is 37.2 Å². The average molecular weight is 899 g/mol. The quantitative estimate of drug-likeness (QED) is 0.0262. The number of esters is 3. The fourth-order valence-electron chi connectivity index (χ4n) is 8.14. The topological polar surface area (TPSA) is 78.9 Å². The minimum atomic E-state index is -0.799. The normalized spacial score (nSPS) is 12.2. The van der Waals surface area contributed by atoms with E-state index in [0.29, 0.717) is 19.3 Å². The van der Waals surface area contributed by atoms with Gasteiger partial charge in [0.1, 0.15) is 13.2 Å². The van der Waals surface area contributed by atoms with Crippen molar-refractivity contribution in [3.8, 4) is 0 Å². The molecule has 0 amide bonds. The van der Waals surface area contributed by atoms with Crippen molar-refractivity contribution < 1.29 is 28.6 Å². The van der Waals surface area contributed by atoms with Gasteiger partial charge in [-0.15, -0.1) is 0 Å². The predicted molar refractivity (Wildman–Crippen MR) is 275 cm³/mol. The Morgan fingerprint density at radius 2 is 0.594 bits per heavy atom. The molecule has 0 aromatic carbocycles. The van der Waals surface area contributed by atoms with Crippen molar-refractivity contribution in [1.29, 1.82) is 0 Å². The van der Waals surface area contributed by atoms with E-state index in [4.69, 9.17) is 14.2 Å². The number of unbranched alkanes of at least 4 members (excludes halogenated alkanes) is 34. The van der Waals surface area contributed by atoms with Crippen LogP contribution in [0.15, 0.2) is 36.5 Å². The smallest absolute Gasteiger partial charge is 0.306 e. The van der Waals surface area contributed by atoms with Gasteiger partial charge in [0.25, 0.3) is 0 Å². The van der Waals surface area contributed by atoms with Gasteiger partial charge in [-0.2, -0.15) is 0 Å². The van der Waals surface area contributed by atoms with Gasteiger partial charge in [0.05, 0.1) is 0 Å². The molecule has 6 heteroatoms. The Kier molecular flexibility index (Phi) is 51.3. The van der Waals surface area contributed by atoms with Crippen LogP contribution in [0, 0.1) is 0 Å². The first-order valence-electron chi connectivity index (χ1n) is 28.0. The van der Waals surface area contributed by atoms with E-state index in [1.54, 1.807) is 0 Å². The highest BCUT2D eigenvalue weighted by Gasteiger charge is 2.19. The fourth-order valence-corrected chi connectivity index (χ4v) is 8.14. The molecule has 6 nitrogen and oxygen atoms in total. The molecule has 0 spiro atoms. The fraction of sp³-hybridized carbons (Fsp3) is 0.845. The number of rotatable bonds is 51. The van der Waals surface area contributed by atoms with E-state index in [0.717, 1.165) is 64.2 Å². The maximum atomic E-state index is 12.8. The van der Waals surface area contributed by atoms with Gasteiger partial charge in [0.2, 0.25) is 0 Å². The van der Waals surface area contributed by atoms with Crippen molar-refractivity contribution in [3.63, 3.8) is 0 Å². The Bertz CT molecular complexity index is 1080. The first-order chi connectivity index (χ1) is 31.5. The van der Waals surface area contributed by atoms with Crippen molar-refractivity contribution >= 4 is 17.9 Å². The summed E-state index contributed by atoms with van der Waals surface area (Å²) < 4.78 is 16.8. The largest absolute Gasteiger partial charge is 0.462 e. The molecule has 0 heterocycles. The van der Waals surface area contributed by atoms with Crippen molar-refractivity contribution in [2.24, 2.45) is 0 Å². The Hall–Kier alpha value is -2.37. The molecule has 0 aromatic heterocycles. The zero-order chi connectivity index (χ0) is 46.5. The van der Waals surface area contributed by atoms with Gasteiger partial charge >= 0.3 is 17.9 Å². The molecule has 0 N–H and O–H groups in total. The van der Waals surface area contributed by atoms with E-state index in [-0.39, 0.29) is 37.5 Å². The molecule has 1 atom stereocenters. The van der Waals surface area contributed by atoms with Gasteiger partial charge < -0.3 is 14.2 Å². The molecule has 0 fully saturated rings. The van der Waals surface area contributed by atoms with Gasteiger partial charge in [-0.25, -0.2) is 0 Å². The lowest BCUT2D eigenvalue weighted by Gasteiger charge is -2.18. The standard InChI is InChI=1S/C58H106O6/c1-4-7-10-13-16-19-22-25-27-28-29-30-31-34-36-39-42-45-48-51-57(60)63-54-55(53-62-56(59)50-47-44-41-38-35-32-24-21-18-15-12-9-6-3)64-58(61)52-49-46-43-40-37-33-26-23-20-17-14-11-8-5-2/h32-33,35,37,41,44,55H,4-31,34,36,38-40,42-43,45-54H2,1-3H3/b35-32+,37-33+,44-41+. The van der Waals surface area contributed by atoms with Crippen LogP contribution in [0.4, 0.5) is 0 Å². The summed E-state index contributed by atoms with van der Waals surface area (Å²) in [6.07, 6.45) is 62.9. The molecule has 0 bridgehead atoms. The van der Waals surface area contributed by atoms with Crippen molar-refractivity contribution in [3.05, 3.63) is 36.5 Å². The van der Waals surface area contributed by atoms with Crippen LogP contribution in [0.5, 0.6) is 0 Å². The predicted octanol–water partition coefficient (Wildman–Crippen LogP) is 18.5. The molecule has 0 aliphatic heterocycles. The van der Waals surface area contributed by atoms with Crippen molar-refractivity contribution in [2.75, 3.05) is 13.2 Å². The van der Waals surface area contributed by atoms with Crippen molar-refractivity contribution in [1.82, 2.24) is 0 Å². The van der Waals surface area contributed by atoms with Crippen molar-refractivity contribution in [2.45, 2.75) is 303 Å². The summed E-state index contributed by atoms with van der Waals surface area (Å²) >= 11 is 0. The first kappa shape index (κ1) is 61.6. The van der Waals surface area contributed by atoms with E-state index in [2.05, 4.69) is 51.2 Å². The number of hydrogen-bond acceptors (Lipinski definition) is 6. The van der Waals surface area contributed by atoms with Crippen LogP contribution < -0.4 is 0 Å². The van der Waals surface area contributed by atoms with E-state index in [9.17, 15) is 14.4 Å². The number of hydrogen-bond donors (Lipinski definition) is 0. The molecule has 0 aliphatic carbocycles. The average Bonchev–Trinajstić information content (AvgIpc) is 3.29. The molecule has 0 saturated carbocycles. The monoisotopic (exact) mass is 899 g/mol. The molecule has 0 rings (SSSR count). The zero-order valence-electron chi connectivity index (χ0n) is 42.8. The molecule has 0 aromatic rings. The Morgan fingerprint density at radius 3 is 0.984 bits per heavy atom. The lowest BCUT2D eigenvalue weighted by atomic mass is 10.0. The molecular weight excluding hydrogens is 793 g/mol. The maximum Gasteiger partial charge on any atom is 0.306 e. The summed E-state index contributed by atoms with van der Waals surface area (Å²) in [6.45, 7) is 6.60. The molecule has 0 radical (unpaired) electrons. The number of carbonyl (C=O) groups excluding carboxylic acids is 3. The van der Waals surface area contributed by atoms with Gasteiger partial charge in [-0.3, -0.25) is 14.4 Å². The third-order valence-corrected chi connectivity index (χ3v) is 12.4. The third kappa shape index (κ3) is 50.6. The third-order valence-electron chi connectivity index (χ3n) is 12.4. The molecule has 64 heavy (non-hydrogen) atoms. The minimum absolute atomic E-state index is 0.0918. The second-order valence-electron chi connectivity index (χ2n) is 18.8. The highest BCUT2D eigenvalue weighted by atomic mass is 16.6. The molecule has 0 saturated heterocycles. The van der Waals surface area contributed by atoms with E-state index < -0.39 is 6.10 Å². The number of allylic oxidation sites excluding steroid dienone is 6. The number of carbonyl (C=O) groups is 3. The lowest BCUT2D eigenvalue weighted by Crippen LogP contribution is -2.30. The Balaban J connectivity index is 4.36. The van der Waals surface area contributed by atoms with Gasteiger partial charge in [0, 0.05) is 19.3 Å². The second-order valence-corrected chi connectivity index (χ2v) is 18.8. The highest BCUT2D eigenvalue weighted by molar-refractivity contribution is 5.71. The van der Waals surface area contributed by atoms with E-state index >= 15 is 0 Å². The van der Waals surface area contributed by atoms with Crippen LogP contribution in [0.3, 0.4) is 0 Å². The summed E-state index contributed by atoms with van der Waals surface area (Å²) in [7, 11) is 0. The Morgan fingerprint density at radius 1 is 0.312 bits per heavy atom. The maximum absolute atomic E-state index is 12.8. The molecule has 374 valence electrons. The van der Waals surface area contributed by atoms with E-state index in [1.807, 2.05) is 6.08 Å². The van der Waals surface area contributed by atoms with Gasteiger partial charge in [-0.1, -0.05) is 250 Å². The summed E-state index contributed by atoms with van der Waals surface area (Å²) in [4.78, 5) is 38.0. The SMILES string of the molecule is CCCCCCCC/C=C/C/C=C/CCC(=O)OCC(COC(=O)CCCCCCCCCCCCCCCCCCCCC)OC(=O)CCCCC/C=C/CCCCCCCCC. The van der Waals surface area contributed by atoms with Crippen LogP contribution in [0.25, 0.3) is 0 Å². The van der Waals surface area contributed by atoms with Crippen LogP contribution in [0.1, 0.15) is 297 Å². The van der Waals surface area contributed by atoms with Crippen LogP contribution in [0.2, 0.25) is 0 Å². The summed E-state index contributed by atoms with van der Waals surface area (Å²) in [5.74, 6) is -0.965. The van der Waals surface area contributed by atoms with Crippen LogP contribution in [-0.2, 0) is 28.6 Å². The Labute approximate surface area is 397 Å². The molecule has 1 unspecified atom stereocenters. The molecular formula is C58H106O6. The van der Waals surface area contributed by atoms with Gasteiger partial charge in [0.15, 0.2) is 6.10 Å². The summed E-state index contributed by atoms with van der Waals surface area (Å²) in [5, 5.41) is 0. The summed E-state index contributed by atoms with van der Waals surface area (Å²) in [5.41, 5.74) is 0. The van der Waals surface area contributed by atoms with E-state index in [1.165, 1.54) is 186 Å². The number of ether oxygens (including phenoxy) is 3. The van der Waals surface area contributed by atoms with Crippen LogP contribution >= 0.6 is 0 Å².